The van der Waals surface area contributed by atoms with Crippen molar-refractivity contribution in [1.29, 1.82) is 0 Å². The van der Waals surface area contributed by atoms with Crippen LogP contribution in [-0.4, -0.2) is 22.1 Å². The summed E-state index contributed by atoms with van der Waals surface area (Å²) in [5.74, 6) is -0.197. The molecular formula is C16H16N4O. The van der Waals surface area contributed by atoms with Crippen molar-refractivity contribution in [3.8, 4) is 0 Å². The van der Waals surface area contributed by atoms with Gasteiger partial charge in [0.2, 0.25) is 5.91 Å². The van der Waals surface area contributed by atoms with E-state index in [1.807, 2.05) is 48.5 Å². The Bertz CT molecular complexity index is 751. The first-order chi connectivity index (χ1) is 10.2. The lowest BCUT2D eigenvalue weighted by Gasteiger charge is -2.12. The predicted molar refractivity (Wildman–Crippen MR) is 82.8 cm³/mol. The van der Waals surface area contributed by atoms with Crippen LogP contribution in [0.1, 0.15) is 5.56 Å². The van der Waals surface area contributed by atoms with Crippen LogP contribution in [0.25, 0.3) is 10.9 Å². The number of amides is 1. The van der Waals surface area contributed by atoms with Crippen LogP contribution >= 0.6 is 0 Å². The molecule has 0 radical (unpaired) electrons. The summed E-state index contributed by atoms with van der Waals surface area (Å²) in [7, 11) is 0. The molecule has 4 N–H and O–H groups in total. The van der Waals surface area contributed by atoms with E-state index in [1.165, 1.54) is 0 Å². The molecule has 106 valence electrons. The minimum Gasteiger partial charge on any atom is -0.325 e. The molecule has 1 heterocycles. The van der Waals surface area contributed by atoms with E-state index >= 15 is 0 Å². The van der Waals surface area contributed by atoms with Crippen LogP contribution in [0, 0.1) is 0 Å². The molecule has 0 aliphatic heterocycles. The molecule has 0 bridgehead atoms. The number of aromatic amines is 1. The minimum absolute atomic E-state index is 0.197. The van der Waals surface area contributed by atoms with Crippen molar-refractivity contribution in [1.82, 2.24) is 10.2 Å². The van der Waals surface area contributed by atoms with Gasteiger partial charge in [0, 0.05) is 11.1 Å². The first kappa shape index (κ1) is 13.3. The molecule has 1 amide bonds. The largest absolute Gasteiger partial charge is 0.325 e. The van der Waals surface area contributed by atoms with E-state index in [9.17, 15) is 4.79 Å². The Balaban J connectivity index is 1.67. The van der Waals surface area contributed by atoms with E-state index in [1.54, 1.807) is 6.20 Å². The van der Waals surface area contributed by atoms with Gasteiger partial charge in [-0.05, 0) is 30.2 Å². The molecule has 3 rings (SSSR count). The number of fused-ring (bicyclic) bond motifs is 1. The quantitative estimate of drug-likeness (QED) is 0.684. The molecular weight excluding hydrogens is 264 g/mol. The van der Waals surface area contributed by atoms with E-state index in [4.69, 9.17) is 5.73 Å². The van der Waals surface area contributed by atoms with Crippen molar-refractivity contribution in [2.45, 2.75) is 12.5 Å². The SMILES string of the molecule is N[C@H](Cc1ccccc1)C(=O)Nc1ccc2cn[nH]c2c1. The molecule has 2 aromatic carbocycles. The predicted octanol–water partition coefficient (Wildman–Crippen LogP) is 2.07. The number of H-pyrrole nitrogens is 1. The Morgan fingerprint density at radius 1 is 1.24 bits per heavy atom. The maximum atomic E-state index is 12.1. The smallest absolute Gasteiger partial charge is 0.241 e. The van der Waals surface area contributed by atoms with Gasteiger partial charge in [0.1, 0.15) is 0 Å². The van der Waals surface area contributed by atoms with Gasteiger partial charge in [0.25, 0.3) is 0 Å². The Kier molecular flexibility index (Phi) is 3.66. The summed E-state index contributed by atoms with van der Waals surface area (Å²) in [6, 6.07) is 14.7. The number of nitrogens with two attached hydrogens (primary N) is 1. The number of carbonyl (C=O) groups excluding carboxylic acids is 1. The monoisotopic (exact) mass is 280 g/mol. The average molecular weight is 280 g/mol. The molecule has 21 heavy (non-hydrogen) atoms. The topological polar surface area (TPSA) is 83.8 Å². The average Bonchev–Trinajstić information content (AvgIpc) is 2.95. The lowest BCUT2D eigenvalue weighted by atomic mass is 10.1. The zero-order chi connectivity index (χ0) is 14.7. The second-order valence-corrected chi connectivity index (χ2v) is 4.96. The highest BCUT2D eigenvalue weighted by Gasteiger charge is 2.14. The molecule has 0 aliphatic carbocycles. The summed E-state index contributed by atoms with van der Waals surface area (Å²) < 4.78 is 0. The van der Waals surface area contributed by atoms with Gasteiger partial charge in [0.15, 0.2) is 0 Å². The third kappa shape index (κ3) is 3.09. The highest BCUT2D eigenvalue weighted by Crippen LogP contribution is 2.16. The molecule has 0 saturated carbocycles. The van der Waals surface area contributed by atoms with Gasteiger partial charge in [-0.2, -0.15) is 5.10 Å². The third-order valence-electron chi connectivity index (χ3n) is 3.34. The number of hydrogen-bond acceptors (Lipinski definition) is 3. The number of aromatic nitrogens is 2. The van der Waals surface area contributed by atoms with Gasteiger partial charge in [0.05, 0.1) is 17.8 Å². The number of nitrogens with zero attached hydrogens (tertiary/aromatic N) is 1. The van der Waals surface area contributed by atoms with Crippen LogP contribution in [0.2, 0.25) is 0 Å². The molecule has 0 spiro atoms. The maximum Gasteiger partial charge on any atom is 0.241 e. The van der Waals surface area contributed by atoms with E-state index < -0.39 is 6.04 Å². The Morgan fingerprint density at radius 3 is 2.86 bits per heavy atom. The van der Waals surface area contributed by atoms with Crippen molar-refractivity contribution in [3.05, 3.63) is 60.3 Å². The lowest BCUT2D eigenvalue weighted by molar-refractivity contribution is -0.117. The summed E-state index contributed by atoms with van der Waals surface area (Å²) in [5, 5.41) is 10.7. The van der Waals surface area contributed by atoms with Crippen LogP contribution in [-0.2, 0) is 11.2 Å². The lowest BCUT2D eigenvalue weighted by Crippen LogP contribution is -2.37. The summed E-state index contributed by atoms with van der Waals surface area (Å²) >= 11 is 0. The van der Waals surface area contributed by atoms with Gasteiger partial charge >= 0.3 is 0 Å². The van der Waals surface area contributed by atoms with Crippen molar-refractivity contribution in [3.63, 3.8) is 0 Å². The molecule has 5 heteroatoms. The van der Waals surface area contributed by atoms with E-state index in [0.29, 0.717) is 12.1 Å². The molecule has 0 saturated heterocycles. The fourth-order valence-electron chi connectivity index (χ4n) is 2.21. The fourth-order valence-corrected chi connectivity index (χ4v) is 2.21. The molecule has 1 aromatic heterocycles. The maximum absolute atomic E-state index is 12.1. The van der Waals surface area contributed by atoms with Crippen LogP contribution in [0.4, 0.5) is 5.69 Å². The number of benzene rings is 2. The minimum atomic E-state index is -0.579. The Hall–Kier alpha value is -2.66. The molecule has 0 unspecified atom stereocenters. The molecule has 3 aromatic rings. The normalized spacial score (nSPS) is 12.2. The highest BCUT2D eigenvalue weighted by molar-refractivity contribution is 5.96. The zero-order valence-corrected chi connectivity index (χ0v) is 11.4. The first-order valence-corrected chi connectivity index (χ1v) is 6.76. The van der Waals surface area contributed by atoms with Crippen molar-refractivity contribution in [2.24, 2.45) is 5.73 Å². The Labute approximate surface area is 122 Å². The number of hydrogen-bond donors (Lipinski definition) is 3. The van der Waals surface area contributed by atoms with Gasteiger partial charge < -0.3 is 11.1 Å². The second kappa shape index (κ2) is 5.76. The fraction of sp³-hybridized carbons (Fsp3) is 0.125. The van der Waals surface area contributed by atoms with Gasteiger partial charge in [-0.15, -0.1) is 0 Å². The van der Waals surface area contributed by atoms with Crippen molar-refractivity contribution in [2.75, 3.05) is 5.32 Å². The van der Waals surface area contributed by atoms with Gasteiger partial charge in [-0.1, -0.05) is 30.3 Å². The summed E-state index contributed by atoms with van der Waals surface area (Å²) in [6.45, 7) is 0. The summed E-state index contributed by atoms with van der Waals surface area (Å²) in [4.78, 5) is 12.1. The van der Waals surface area contributed by atoms with E-state index in [0.717, 1.165) is 16.5 Å². The standard InChI is InChI=1S/C16H16N4O/c17-14(8-11-4-2-1-3-5-11)16(21)19-13-7-6-12-10-18-20-15(12)9-13/h1-7,9-10,14H,8,17H2,(H,18,20)(H,19,21)/t14-/m1/s1. The summed E-state index contributed by atoms with van der Waals surface area (Å²) in [5.41, 5.74) is 8.59. The molecule has 0 aliphatic rings. The highest BCUT2D eigenvalue weighted by atomic mass is 16.2. The number of anilines is 1. The van der Waals surface area contributed by atoms with Crippen LogP contribution in [0.15, 0.2) is 54.7 Å². The zero-order valence-electron chi connectivity index (χ0n) is 11.4. The van der Waals surface area contributed by atoms with E-state index in [-0.39, 0.29) is 5.91 Å². The second-order valence-electron chi connectivity index (χ2n) is 4.96. The van der Waals surface area contributed by atoms with Crippen molar-refractivity contribution >= 4 is 22.5 Å². The van der Waals surface area contributed by atoms with Crippen LogP contribution in [0.5, 0.6) is 0 Å². The number of rotatable bonds is 4. The summed E-state index contributed by atoms with van der Waals surface area (Å²) in [6.07, 6.45) is 2.25. The van der Waals surface area contributed by atoms with Gasteiger partial charge in [-0.25, -0.2) is 0 Å². The van der Waals surface area contributed by atoms with Crippen LogP contribution < -0.4 is 11.1 Å². The molecule has 1 atom stereocenters. The number of carbonyl (C=O) groups is 1. The van der Waals surface area contributed by atoms with E-state index in [2.05, 4.69) is 15.5 Å². The van der Waals surface area contributed by atoms with Crippen molar-refractivity contribution < 1.29 is 4.79 Å². The first-order valence-electron chi connectivity index (χ1n) is 6.76. The van der Waals surface area contributed by atoms with Crippen LogP contribution in [0.3, 0.4) is 0 Å². The molecule has 0 fully saturated rings. The third-order valence-corrected chi connectivity index (χ3v) is 3.34. The Morgan fingerprint density at radius 2 is 2.05 bits per heavy atom. The number of nitrogens with one attached hydrogen (secondary N) is 2. The molecule has 5 nitrogen and oxygen atoms in total. The van der Waals surface area contributed by atoms with Gasteiger partial charge in [-0.3, -0.25) is 9.89 Å².